The van der Waals surface area contributed by atoms with E-state index in [-0.39, 0.29) is 17.4 Å². The molecule has 0 aromatic heterocycles. The summed E-state index contributed by atoms with van der Waals surface area (Å²) in [6.45, 7) is 5.59. The summed E-state index contributed by atoms with van der Waals surface area (Å²) in [5.74, 6) is 0.123. The second kappa shape index (κ2) is 10.6. The molecule has 0 unspecified atom stereocenters. The molecule has 1 saturated heterocycles. The number of rotatable bonds is 8. The third kappa shape index (κ3) is 6.01. The van der Waals surface area contributed by atoms with Crippen molar-refractivity contribution in [3.63, 3.8) is 0 Å². The van der Waals surface area contributed by atoms with Crippen LogP contribution >= 0.6 is 0 Å². The summed E-state index contributed by atoms with van der Waals surface area (Å²) in [5, 5.41) is 0. The third-order valence-electron chi connectivity index (χ3n) is 5.70. The molecule has 11 heteroatoms. The van der Waals surface area contributed by atoms with Crippen LogP contribution in [0.15, 0.2) is 53.4 Å². The van der Waals surface area contributed by atoms with Crippen LogP contribution < -0.4 is 9.64 Å². The molecule has 0 spiro atoms. The molecular weight excluding hydrogens is 471 g/mol. The molecule has 1 heterocycles. The number of hydrogen-bond acceptors (Lipinski definition) is 5. The van der Waals surface area contributed by atoms with Crippen molar-refractivity contribution in [3.05, 3.63) is 54.1 Å². The molecule has 2 aromatic rings. The number of anilines is 1. The standard InChI is InChI=1S/C23H28F3N3O4S/c1-3-29(4-2)34(31,32)21-10-8-20(9-11-21)33-17-22(30)28-14-12-27(13-15-28)19-7-5-6-18(16-19)23(24,25)26/h5-11,16H,3-4,12-15,17H2,1-2H3. The zero-order valence-electron chi connectivity index (χ0n) is 19.1. The van der Waals surface area contributed by atoms with Crippen LogP contribution in [0.4, 0.5) is 18.9 Å². The first-order valence-electron chi connectivity index (χ1n) is 11.0. The molecule has 1 fully saturated rings. The van der Waals surface area contributed by atoms with E-state index in [0.29, 0.717) is 50.7 Å². The molecule has 0 N–H and O–H groups in total. The van der Waals surface area contributed by atoms with E-state index in [4.69, 9.17) is 4.74 Å². The Morgan fingerprint density at radius 3 is 2.18 bits per heavy atom. The van der Waals surface area contributed by atoms with E-state index in [1.807, 2.05) is 4.90 Å². The quantitative estimate of drug-likeness (QED) is 0.557. The number of sulfonamides is 1. The Labute approximate surface area is 197 Å². The van der Waals surface area contributed by atoms with Gasteiger partial charge in [-0.05, 0) is 42.5 Å². The molecule has 0 saturated carbocycles. The SMILES string of the molecule is CCN(CC)S(=O)(=O)c1ccc(OCC(=O)N2CCN(c3cccc(C(F)(F)F)c3)CC2)cc1. The van der Waals surface area contributed by atoms with Crippen LogP contribution in [0.25, 0.3) is 0 Å². The van der Waals surface area contributed by atoms with E-state index in [2.05, 4.69) is 0 Å². The lowest BCUT2D eigenvalue weighted by molar-refractivity contribution is -0.137. The van der Waals surface area contributed by atoms with Crippen molar-refractivity contribution >= 4 is 21.6 Å². The average molecular weight is 500 g/mol. The highest BCUT2D eigenvalue weighted by molar-refractivity contribution is 7.89. The van der Waals surface area contributed by atoms with Gasteiger partial charge in [-0.25, -0.2) is 8.42 Å². The predicted octanol–water partition coefficient (Wildman–Crippen LogP) is 3.46. The maximum absolute atomic E-state index is 13.0. The summed E-state index contributed by atoms with van der Waals surface area (Å²) in [7, 11) is -3.57. The van der Waals surface area contributed by atoms with Crippen LogP contribution in [0.2, 0.25) is 0 Å². The van der Waals surface area contributed by atoms with Gasteiger partial charge in [-0.1, -0.05) is 19.9 Å². The molecule has 2 aromatic carbocycles. The summed E-state index contributed by atoms with van der Waals surface area (Å²) >= 11 is 0. The van der Waals surface area contributed by atoms with Gasteiger partial charge in [0.15, 0.2) is 6.61 Å². The number of carbonyl (C=O) groups is 1. The van der Waals surface area contributed by atoms with Crippen LogP contribution in [-0.4, -0.2) is 69.4 Å². The van der Waals surface area contributed by atoms with Gasteiger partial charge in [0, 0.05) is 45.0 Å². The molecule has 0 bridgehead atoms. The van der Waals surface area contributed by atoms with Crippen molar-refractivity contribution in [2.75, 3.05) is 50.8 Å². The largest absolute Gasteiger partial charge is 0.484 e. The van der Waals surface area contributed by atoms with Gasteiger partial charge in [-0.2, -0.15) is 17.5 Å². The number of benzene rings is 2. The highest BCUT2D eigenvalue weighted by atomic mass is 32.2. The van der Waals surface area contributed by atoms with Crippen molar-refractivity contribution in [3.8, 4) is 5.75 Å². The Kier molecular flexibility index (Phi) is 8.09. The highest BCUT2D eigenvalue weighted by Gasteiger charge is 2.31. The molecular formula is C23H28F3N3O4S. The van der Waals surface area contributed by atoms with Crippen molar-refractivity contribution in [2.45, 2.75) is 24.9 Å². The molecule has 0 radical (unpaired) electrons. The van der Waals surface area contributed by atoms with E-state index in [1.54, 1.807) is 24.8 Å². The lowest BCUT2D eigenvalue weighted by atomic mass is 10.1. The molecule has 1 amide bonds. The van der Waals surface area contributed by atoms with Gasteiger partial charge in [0.1, 0.15) is 5.75 Å². The van der Waals surface area contributed by atoms with Gasteiger partial charge in [0.2, 0.25) is 10.0 Å². The Bertz CT molecular complexity index is 1080. The fourth-order valence-corrected chi connectivity index (χ4v) is 5.21. The minimum absolute atomic E-state index is 0.153. The smallest absolute Gasteiger partial charge is 0.416 e. The minimum atomic E-state index is -4.40. The van der Waals surface area contributed by atoms with Crippen molar-refractivity contribution in [2.24, 2.45) is 0 Å². The first kappa shape index (κ1) is 25.8. The van der Waals surface area contributed by atoms with Gasteiger partial charge in [-0.15, -0.1) is 0 Å². The van der Waals surface area contributed by atoms with Crippen LogP contribution in [-0.2, 0) is 21.0 Å². The molecule has 3 rings (SSSR count). The topological polar surface area (TPSA) is 70.2 Å². The monoisotopic (exact) mass is 499 g/mol. The summed E-state index contributed by atoms with van der Waals surface area (Å²) < 4.78 is 70.8. The van der Waals surface area contributed by atoms with Crippen LogP contribution in [0, 0.1) is 0 Å². The molecule has 1 aliphatic heterocycles. The van der Waals surface area contributed by atoms with E-state index in [9.17, 15) is 26.4 Å². The number of amides is 1. The Balaban J connectivity index is 1.52. The maximum atomic E-state index is 13.0. The summed E-state index contributed by atoms with van der Waals surface area (Å²) in [6.07, 6.45) is -4.40. The first-order valence-corrected chi connectivity index (χ1v) is 12.4. The normalized spacial score (nSPS) is 15.0. The predicted molar refractivity (Wildman–Crippen MR) is 122 cm³/mol. The Morgan fingerprint density at radius 2 is 1.62 bits per heavy atom. The Hall–Kier alpha value is -2.79. The minimum Gasteiger partial charge on any atom is -0.484 e. The van der Waals surface area contributed by atoms with Gasteiger partial charge in [0.25, 0.3) is 5.91 Å². The van der Waals surface area contributed by atoms with Gasteiger partial charge in [-0.3, -0.25) is 4.79 Å². The highest BCUT2D eigenvalue weighted by Crippen LogP contribution is 2.32. The van der Waals surface area contributed by atoms with Crippen LogP contribution in [0.3, 0.4) is 0 Å². The zero-order valence-corrected chi connectivity index (χ0v) is 19.9. The molecule has 0 aliphatic carbocycles. The molecule has 34 heavy (non-hydrogen) atoms. The molecule has 1 aliphatic rings. The maximum Gasteiger partial charge on any atom is 0.416 e. The number of hydrogen-bond donors (Lipinski definition) is 0. The van der Waals surface area contributed by atoms with E-state index < -0.39 is 21.8 Å². The third-order valence-corrected chi connectivity index (χ3v) is 7.76. The zero-order chi connectivity index (χ0) is 24.9. The Morgan fingerprint density at radius 1 is 1.00 bits per heavy atom. The summed E-state index contributed by atoms with van der Waals surface area (Å²) in [4.78, 5) is 16.1. The lowest BCUT2D eigenvalue weighted by Crippen LogP contribution is -2.50. The van der Waals surface area contributed by atoms with Crippen molar-refractivity contribution in [1.82, 2.24) is 9.21 Å². The van der Waals surface area contributed by atoms with Crippen molar-refractivity contribution in [1.29, 1.82) is 0 Å². The lowest BCUT2D eigenvalue weighted by Gasteiger charge is -2.36. The fraction of sp³-hybridized carbons (Fsp3) is 0.435. The number of carbonyl (C=O) groups excluding carboxylic acids is 1. The van der Waals surface area contributed by atoms with E-state index in [1.165, 1.54) is 34.6 Å². The average Bonchev–Trinajstić information content (AvgIpc) is 2.83. The van der Waals surface area contributed by atoms with Crippen molar-refractivity contribution < 1.29 is 31.1 Å². The number of alkyl halides is 3. The molecule has 0 atom stereocenters. The second-order valence-corrected chi connectivity index (χ2v) is 9.70. The fourth-order valence-electron chi connectivity index (χ4n) is 3.75. The van der Waals surface area contributed by atoms with Crippen LogP contribution in [0.1, 0.15) is 19.4 Å². The second-order valence-electron chi connectivity index (χ2n) is 7.77. The number of halogens is 3. The molecule has 186 valence electrons. The summed E-state index contributed by atoms with van der Waals surface area (Å²) in [6, 6.07) is 11.1. The van der Waals surface area contributed by atoms with Gasteiger partial charge >= 0.3 is 6.18 Å². The number of nitrogens with zero attached hydrogens (tertiary/aromatic N) is 3. The van der Waals surface area contributed by atoms with E-state index in [0.717, 1.165) is 12.1 Å². The first-order chi connectivity index (χ1) is 16.1. The van der Waals surface area contributed by atoms with Crippen LogP contribution in [0.5, 0.6) is 5.75 Å². The van der Waals surface area contributed by atoms with Gasteiger partial charge < -0.3 is 14.5 Å². The summed E-state index contributed by atoms with van der Waals surface area (Å²) in [5.41, 5.74) is -0.231. The number of ether oxygens (including phenoxy) is 1. The molecule has 7 nitrogen and oxygen atoms in total. The van der Waals surface area contributed by atoms with Gasteiger partial charge in [0.05, 0.1) is 10.5 Å². The van der Waals surface area contributed by atoms with E-state index >= 15 is 0 Å². The number of piperazine rings is 1.